The Kier molecular flexibility index (Phi) is 5.55. The molecular weight excluding hydrogens is 236 g/mol. The molecule has 5 heteroatoms. The number of hydrogen-bond acceptors (Lipinski definition) is 3. The Hall–Kier alpha value is -0.970. The van der Waals surface area contributed by atoms with Crippen LogP contribution in [-0.4, -0.2) is 26.4 Å². The Balaban J connectivity index is 2.63. The van der Waals surface area contributed by atoms with E-state index in [1.165, 1.54) is 11.8 Å². The quantitative estimate of drug-likeness (QED) is 0.762. The molecule has 0 aliphatic rings. The van der Waals surface area contributed by atoms with E-state index in [-0.39, 0.29) is 5.75 Å². The molecule has 0 aliphatic carbocycles. The molecule has 1 rings (SSSR count). The fourth-order valence-corrected chi connectivity index (χ4v) is 2.51. The number of imidazole rings is 1. The van der Waals surface area contributed by atoms with E-state index < -0.39 is 5.97 Å². The zero-order valence-corrected chi connectivity index (χ0v) is 11.4. The largest absolute Gasteiger partial charge is 0.481 e. The van der Waals surface area contributed by atoms with Gasteiger partial charge in [-0.3, -0.25) is 4.79 Å². The van der Waals surface area contributed by atoms with Crippen molar-refractivity contribution in [3.63, 3.8) is 0 Å². The van der Waals surface area contributed by atoms with Crippen LogP contribution >= 0.6 is 11.8 Å². The molecule has 1 N–H and O–H groups in total. The maximum Gasteiger partial charge on any atom is 0.313 e. The van der Waals surface area contributed by atoms with Crippen LogP contribution in [0.5, 0.6) is 0 Å². The highest BCUT2D eigenvalue weighted by molar-refractivity contribution is 7.99. The molecule has 0 aliphatic heterocycles. The van der Waals surface area contributed by atoms with Crippen molar-refractivity contribution in [1.29, 1.82) is 0 Å². The Morgan fingerprint density at radius 1 is 1.59 bits per heavy atom. The molecule has 0 amide bonds. The highest BCUT2D eigenvalue weighted by Gasteiger charge is 2.13. The summed E-state index contributed by atoms with van der Waals surface area (Å²) in [6, 6.07) is 0.365. The predicted octanol–water partition coefficient (Wildman–Crippen LogP) is 3.06. The minimum absolute atomic E-state index is 0.0626. The number of hydrogen-bond donors (Lipinski definition) is 1. The highest BCUT2D eigenvalue weighted by atomic mass is 32.2. The number of nitrogens with zero attached hydrogens (tertiary/aromatic N) is 2. The van der Waals surface area contributed by atoms with Crippen LogP contribution < -0.4 is 0 Å². The lowest BCUT2D eigenvalue weighted by Gasteiger charge is -2.19. The summed E-state index contributed by atoms with van der Waals surface area (Å²) in [6.45, 7) is 6.57. The average molecular weight is 256 g/mol. The Morgan fingerprint density at radius 2 is 2.29 bits per heavy atom. The molecule has 0 spiro atoms. The van der Waals surface area contributed by atoms with E-state index in [0.717, 1.165) is 18.0 Å². The van der Waals surface area contributed by atoms with Crippen molar-refractivity contribution in [3.8, 4) is 0 Å². The van der Waals surface area contributed by atoms with E-state index >= 15 is 0 Å². The molecule has 0 saturated carbocycles. The van der Waals surface area contributed by atoms with Gasteiger partial charge in [0.15, 0.2) is 5.16 Å². The number of carbonyl (C=O) groups is 1. The monoisotopic (exact) mass is 256 g/mol. The smallest absolute Gasteiger partial charge is 0.313 e. The molecular formula is C12H20N2O2S. The van der Waals surface area contributed by atoms with Crippen LogP contribution in [0, 0.1) is 5.92 Å². The van der Waals surface area contributed by atoms with Gasteiger partial charge in [-0.1, -0.05) is 32.0 Å². The number of aliphatic carboxylic acids is 1. The normalized spacial score (nSPS) is 14.5. The maximum atomic E-state index is 10.5. The summed E-state index contributed by atoms with van der Waals surface area (Å²) in [6.07, 6.45) is 5.92. The van der Waals surface area contributed by atoms with Gasteiger partial charge in [0, 0.05) is 18.4 Å². The van der Waals surface area contributed by atoms with Gasteiger partial charge in [-0.05, 0) is 19.3 Å². The molecule has 0 bridgehead atoms. The van der Waals surface area contributed by atoms with Gasteiger partial charge >= 0.3 is 5.97 Å². The predicted molar refractivity (Wildman–Crippen MR) is 69.4 cm³/mol. The number of aromatic nitrogens is 2. The summed E-state index contributed by atoms with van der Waals surface area (Å²) in [4.78, 5) is 14.7. The van der Waals surface area contributed by atoms with Crippen LogP contribution in [0.25, 0.3) is 0 Å². The van der Waals surface area contributed by atoms with Gasteiger partial charge < -0.3 is 9.67 Å². The van der Waals surface area contributed by atoms with E-state index in [1.807, 2.05) is 6.20 Å². The van der Waals surface area contributed by atoms with Gasteiger partial charge in [-0.2, -0.15) is 0 Å². The lowest BCUT2D eigenvalue weighted by molar-refractivity contribution is -0.133. The number of carboxylic acid groups (broad SMARTS) is 1. The van der Waals surface area contributed by atoms with Crippen molar-refractivity contribution in [1.82, 2.24) is 9.55 Å². The number of carboxylic acids is 1. The minimum Gasteiger partial charge on any atom is -0.481 e. The van der Waals surface area contributed by atoms with Crippen LogP contribution in [0.15, 0.2) is 17.6 Å². The third kappa shape index (κ3) is 4.42. The summed E-state index contributed by atoms with van der Waals surface area (Å²) in [5.74, 6) is -0.0728. The number of thioether (sulfide) groups is 1. The van der Waals surface area contributed by atoms with E-state index in [1.54, 1.807) is 6.20 Å². The summed E-state index contributed by atoms with van der Waals surface area (Å²) in [5, 5.41) is 9.46. The van der Waals surface area contributed by atoms with Crippen molar-refractivity contribution in [3.05, 3.63) is 12.4 Å². The van der Waals surface area contributed by atoms with Crippen LogP contribution in [0.3, 0.4) is 0 Å². The molecule has 1 heterocycles. The van der Waals surface area contributed by atoms with Crippen molar-refractivity contribution in [2.45, 2.75) is 44.8 Å². The highest BCUT2D eigenvalue weighted by Crippen LogP contribution is 2.25. The van der Waals surface area contributed by atoms with E-state index in [4.69, 9.17) is 5.11 Å². The molecule has 4 nitrogen and oxygen atoms in total. The standard InChI is InChI=1S/C12H20N2O2S/c1-4-9(2)7-10(3)14-6-5-13-12(14)17-8-11(15)16/h5-6,9-10H,4,7-8H2,1-3H3,(H,15,16). The van der Waals surface area contributed by atoms with E-state index in [2.05, 4.69) is 30.3 Å². The van der Waals surface area contributed by atoms with Gasteiger partial charge in [0.05, 0.1) is 5.75 Å². The second-order valence-electron chi connectivity index (χ2n) is 4.40. The van der Waals surface area contributed by atoms with Gasteiger partial charge in [0.2, 0.25) is 0 Å². The first-order chi connectivity index (χ1) is 8.04. The van der Waals surface area contributed by atoms with Crippen LogP contribution in [0.4, 0.5) is 0 Å². The Labute approximate surface area is 106 Å². The maximum absolute atomic E-state index is 10.5. The fraction of sp³-hybridized carbons (Fsp3) is 0.667. The summed E-state index contributed by atoms with van der Waals surface area (Å²) in [5.41, 5.74) is 0. The molecule has 96 valence electrons. The molecule has 17 heavy (non-hydrogen) atoms. The van der Waals surface area contributed by atoms with Crippen LogP contribution in [0.2, 0.25) is 0 Å². The zero-order chi connectivity index (χ0) is 12.8. The molecule has 2 unspecified atom stereocenters. The van der Waals surface area contributed by atoms with Crippen molar-refractivity contribution in [2.75, 3.05) is 5.75 Å². The lowest BCUT2D eigenvalue weighted by atomic mass is 10.0. The molecule has 0 saturated heterocycles. The zero-order valence-electron chi connectivity index (χ0n) is 10.6. The van der Waals surface area contributed by atoms with Crippen molar-refractivity contribution >= 4 is 17.7 Å². The van der Waals surface area contributed by atoms with Crippen molar-refractivity contribution < 1.29 is 9.90 Å². The Morgan fingerprint density at radius 3 is 2.88 bits per heavy atom. The summed E-state index contributed by atoms with van der Waals surface area (Å²) >= 11 is 1.28. The second-order valence-corrected chi connectivity index (χ2v) is 5.34. The third-order valence-electron chi connectivity index (χ3n) is 2.87. The van der Waals surface area contributed by atoms with Gasteiger partial charge in [0.1, 0.15) is 0 Å². The molecule has 0 aromatic carbocycles. The molecule has 1 aromatic rings. The van der Waals surface area contributed by atoms with Gasteiger partial charge in [-0.15, -0.1) is 0 Å². The summed E-state index contributed by atoms with van der Waals surface area (Å²) in [7, 11) is 0. The van der Waals surface area contributed by atoms with Crippen molar-refractivity contribution in [2.24, 2.45) is 5.92 Å². The van der Waals surface area contributed by atoms with E-state index in [9.17, 15) is 4.79 Å². The Bertz CT molecular complexity index is 365. The second kappa shape index (κ2) is 6.69. The average Bonchev–Trinajstić information content (AvgIpc) is 2.74. The molecule has 0 fully saturated rings. The molecule has 0 radical (unpaired) electrons. The van der Waals surface area contributed by atoms with E-state index in [0.29, 0.717) is 12.0 Å². The van der Waals surface area contributed by atoms with Gasteiger partial charge in [-0.25, -0.2) is 4.98 Å². The van der Waals surface area contributed by atoms with Crippen LogP contribution in [-0.2, 0) is 4.79 Å². The summed E-state index contributed by atoms with van der Waals surface area (Å²) < 4.78 is 2.07. The first kappa shape index (κ1) is 14.1. The third-order valence-corrected chi connectivity index (χ3v) is 3.84. The molecule has 1 aromatic heterocycles. The number of rotatable bonds is 7. The van der Waals surface area contributed by atoms with Crippen LogP contribution in [0.1, 0.15) is 39.7 Å². The minimum atomic E-state index is -0.806. The molecule has 2 atom stereocenters. The SMILES string of the molecule is CCC(C)CC(C)n1ccnc1SCC(=O)O. The fourth-order valence-electron chi connectivity index (χ4n) is 1.74. The first-order valence-corrected chi connectivity index (χ1v) is 6.90. The topological polar surface area (TPSA) is 55.1 Å². The van der Waals surface area contributed by atoms with Gasteiger partial charge in [0.25, 0.3) is 0 Å². The first-order valence-electron chi connectivity index (χ1n) is 5.92. The lowest BCUT2D eigenvalue weighted by Crippen LogP contribution is -2.10.